The number of fused-ring (bicyclic) bond motifs is 2. The third kappa shape index (κ3) is 3.67. The monoisotopic (exact) mass is 385 g/mol. The highest BCUT2D eigenvalue weighted by molar-refractivity contribution is 6.13. The van der Waals surface area contributed by atoms with Gasteiger partial charge in [0, 0.05) is 18.6 Å². The van der Waals surface area contributed by atoms with Crippen LogP contribution in [-0.4, -0.2) is 11.9 Å². The van der Waals surface area contributed by atoms with Crippen LogP contribution in [0.25, 0.3) is 21.8 Å². The molecule has 5 heteroatoms. The van der Waals surface area contributed by atoms with Gasteiger partial charge >= 0.3 is 5.97 Å². The molecule has 0 fully saturated rings. The summed E-state index contributed by atoms with van der Waals surface area (Å²) in [6.07, 6.45) is 0.853. The third-order valence-corrected chi connectivity index (χ3v) is 5.07. The number of amides is 1. The number of primary amides is 1. The van der Waals surface area contributed by atoms with E-state index in [0.29, 0.717) is 17.7 Å². The van der Waals surface area contributed by atoms with Gasteiger partial charge in [-0.2, -0.15) is 4.57 Å². The van der Waals surface area contributed by atoms with E-state index in [1.54, 1.807) is 12.1 Å². The van der Waals surface area contributed by atoms with E-state index >= 15 is 0 Å². The largest absolute Gasteiger partial charge is 0.423 e. The Bertz CT molecular complexity index is 1170. The molecule has 1 aromatic heterocycles. The molecule has 0 aliphatic carbocycles. The fraction of sp³-hybridized carbons (Fsp3) is 0.125. The van der Waals surface area contributed by atoms with Gasteiger partial charge in [0.2, 0.25) is 16.9 Å². The number of pyridine rings is 1. The Hall–Kier alpha value is -3.73. The molecular weight excluding hydrogens is 364 g/mol. The van der Waals surface area contributed by atoms with Gasteiger partial charge in [0.15, 0.2) is 0 Å². The molecule has 144 valence electrons. The molecule has 3 aromatic carbocycles. The Labute approximate surface area is 168 Å². The highest BCUT2D eigenvalue weighted by Crippen LogP contribution is 2.26. The molecule has 0 atom stereocenters. The number of rotatable bonds is 5. The number of aryl methyl sites for hydroxylation is 2. The average Bonchev–Trinajstić information content (AvgIpc) is 2.73. The SMILES string of the molecule is C[n+]1c2ccccc2c(C(=O)Oc2ccc(CCC(N)=O)cc2)c2ccccc21. The van der Waals surface area contributed by atoms with Crippen molar-refractivity contribution in [3.63, 3.8) is 0 Å². The zero-order chi connectivity index (χ0) is 20.4. The molecule has 0 spiro atoms. The van der Waals surface area contributed by atoms with Crippen molar-refractivity contribution >= 4 is 33.7 Å². The highest BCUT2D eigenvalue weighted by atomic mass is 16.5. The van der Waals surface area contributed by atoms with Crippen LogP contribution in [0.4, 0.5) is 0 Å². The van der Waals surface area contributed by atoms with Crippen molar-refractivity contribution in [2.24, 2.45) is 12.8 Å². The van der Waals surface area contributed by atoms with E-state index in [0.717, 1.165) is 27.4 Å². The Morgan fingerprint density at radius 3 is 1.97 bits per heavy atom. The lowest BCUT2D eigenvalue weighted by Gasteiger charge is -2.10. The zero-order valence-electron chi connectivity index (χ0n) is 16.1. The fourth-order valence-electron chi connectivity index (χ4n) is 3.60. The van der Waals surface area contributed by atoms with Gasteiger partial charge in [0.05, 0.1) is 16.3 Å². The summed E-state index contributed by atoms with van der Waals surface area (Å²) < 4.78 is 7.78. The molecule has 0 radical (unpaired) electrons. The van der Waals surface area contributed by atoms with E-state index in [9.17, 15) is 9.59 Å². The van der Waals surface area contributed by atoms with Crippen molar-refractivity contribution < 1.29 is 18.9 Å². The molecule has 0 saturated carbocycles. The van der Waals surface area contributed by atoms with Crippen molar-refractivity contribution in [1.29, 1.82) is 0 Å². The van der Waals surface area contributed by atoms with Gasteiger partial charge in [-0.3, -0.25) is 4.79 Å². The molecule has 5 nitrogen and oxygen atoms in total. The predicted octanol–water partition coefficient (Wildman–Crippen LogP) is 3.45. The summed E-state index contributed by atoms with van der Waals surface area (Å²) in [5.41, 5.74) is 8.62. The lowest BCUT2D eigenvalue weighted by atomic mass is 10.0. The normalized spacial score (nSPS) is 10.9. The van der Waals surface area contributed by atoms with Crippen LogP contribution in [0, 0.1) is 0 Å². The summed E-state index contributed by atoms with van der Waals surface area (Å²) in [6.45, 7) is 0. The summed E-state index contributed by atoms with van der Waals surface area (Å²) in [6, 6.07) is 22.8. The van der Waals surface area contributed by atoms with Crippen molar-refractivity contribution in [3.05, 3.63) is 83.9 Å². The van der Waals surface area contributed by atoms with E-state index in [1.165, 1.54) is 0 Å². The van der Waals surface area contributed by atoms with Gasteiger partial charge in [0.1, 0.15) is 12.8 Å². The minimum absolute atomic E-state index is 0.290. The van der Waals surface area contributed by atoms with Crippen molar-refractivity contribution in [1.82, 2.24) is 0 Å². The fourth-order valence-corrected chi connectivity index (χ4v) is 3.60. The number of benzene rings is 3. The number of nitrogens with zero attached hydrogens (tertiary/aromatic N) is 1. The summed E-state index contributed by atoms with van der Waals surface area (Å²) in [5.74, 6) is -0.279. The molecule has 29 heavy (non-hydrogen) atoms. The third-order valence-electron chi connectivity index (χ3n) is 5.07. The second-order valence-electron chi connectivity index (χ2n) is 6.97. The summed E-state index contributed by atoms with van der Waals surface area (Å²) in [4.78, 5) is 24.1. The molecule has 1 amide bonds. The van der Waals surface area contributed by atoms with Crippen molar-refractivity contribution in [2.45, 2.75) is 12.8 Å². The summed E-state index contributed by atoms with van der Waals surface area (Å²) in [5, 5.41) is 1.69. The molecule has 0 aliphatic heterocycles. The number of nitrogens with two attached hydrogens (primary N) is 1. The van der Waals surface area contributed by atoms with Gasteiger partial charge in [-0.15, -0.1) is 0 Å². The maximum absolute atomic E-state index is 13.2. The molecule has 4 aromatic rings. The first kappa shape index (κ1) is 18.6. The van der Waals surface area contributed by atoms with Crippen molar-refractivity contribution in [3.8, 4) is 5.75 Å². The van der Waals surface area contributed by atoms with Crippen LogP contribution < -0.4 is 15.0 Å². The number of ether oxygens (including phenoxy) is 1. The Kier molecular flexibility index (Phi) is 4.96. The van der Waals surface area contributed by atoms with Gasteiger partial charge in [-0.05, 0) is 36.2 Å². The maximum Gasteiger partial charge on any atom is 0.345 e. The number of esters is 1. The van der Waals surface area contributed by atoms with Crippen LogP contribution in [0.3, 0.4) is 0 Å². The molecule has 2 N–H and O–H groups in total. The lowest BCUT2D eigenvalue weighted by molar-refractivity contribution is -0.617. The van der Waals surface area contributed by atoms with Gasteiger partial charge in [0.25, 0.3) is 0 Å². The molecule has 0 bridgehead atoms. The molecule has 4 rings (SSSR count). The molecule has 1 heterocycles. The topological polar surface area (TPSA) is 73.3 Å². The quantitative estimate of drug-likeness (QED) is 0.247. The van der Waals surface area contributed by atoms with Gasteiger partial charge in [-0.1, -0.05) is 36.4 Å². The Morgan fingerprint density at radius 1 is 0.862 bits per heavy atom. The first-order valence-electron chi connectivity index (χ1n) is 9.43. The molecular formula is C24H21N2O3+. The van der Waals surface area contributed by atoms with E-state index < -0.39 is 5.97 Å². The second-order valence-corrected chi connectivity index (χ2v) is 6.97. The van der Waals surface area contributed by atoms with Crippen LogP contribution in [0.5, 0.6) is 5.75 Å². The number of hydrogen-bond acceptors (Lipinski definition) is 3. The predicted molar refractivity (Wildman–Crippen MR) is 112 cm³/mol. The standard InChI is InChI=1S/C24H20N2O3/c1-26-20-8-4-2-6-18(20)23(19-7-3-5-9-21(19)26)24(28)29-17-13-10-16(11-14-17)12-15-22(25)27/h2-11,13-14H,12,15H2,1H3,(H-,25,27)/p+1. The molecule has 0 aliphatic rings. The Morgan fingerprint density at radius 2 is 1.41 bits per heavy atom. The molecule has 0 unspecified atom stereocenters. The van der Waals surface area contributed by atoms with Crippen LogP contribution in [0.1, 0.15) is 22.3 Å². The minimum atomic E-state index is -0.400. The number of hydrogen-bond donors (Lipinski definition) is 1. The maximum atomic E-state index is 13.2. The lowest BCUT2D eigenvalue weighted by Crippen LogP contribution is -2.31. The van der Waals surface area contributed by atoms with Crippen molar-refractivity contribution in [2.75, 3.05) is 0 Å². The van der Waals surface area contributed by atoms with Crippen LogP contribution in [0.2, 0.25) is 0 Å². The van der Waals surface area contributed by atoms with Crippen LogP contribution in [0.15, 0.2) is 72.8 Å². The van der Waals surface area contributed by atoms with E-state index in [1.807, 2.05) is 67.7 Å². The smallest absolute Gasteiger partial charge is 0.345 e. The van der Waals surface area contributed by atoms with Gasteiger partial charge in [-0.25, -0.2) is 4.79 Å². The summed E-state index contributed by atoms with van der Waals surface area (Å²) in [7, 11) is 1.99. The zero-order valence-corrected chi connectivity index (χ0v) is 16.1. The average molecular weight is 385 g/mol. The molecule has 0 saturated heterocycles. The number of carbonyl (C=O) groups excluding carboxylic acids is 2. The van der Waals surface area contributed by atoms with Crippen LogP contribution >= 0.6 is 0 Å². The van der Waals surface area contributed by atoms with Crippen LogP contribution in [-0.2, 0) is 18.3 Å². The van der Waals surface area contributed by atoms with Gasteiger partial charge < -0.3 is 10.5 Å². The number of carbonyl (C=O) groups is 2. The minimum Gasteiger partial charge on any atom is -0.423 e. The first-order valence-corrected chi connectivity index (χ1v) is 9.43. The summed E-state index contributed by atoms with van der Waals surface area (Å²) >= 11 is 0. The highest BCUT2D eigenvalue weighted by Gasteiger charge is 2.23. The number of aromatic nitrogens is 1. The van der Waals surface area contributed by atoms with E-state index in [2.05, 4.69) is 4.57 Å². The van der Waals surface area contributed by atoms with E-state index in [-0.39, 0.29) is 12.3 Å². The second kappa shape index (κ2) is 7.72. The number of para-hydroxylation sites is 2. The van der Waals surface area contributed by atoms with E-state index in [4.69, 9.17) is 10.5 Å². The first-order chi connectivity index (χ1) is 14.0. The Balaban J connectivity index is 1.71.